The predicted molar refractivity (Wildman–Crippen MR) is 64.2 cm³/mol. The van der Waals surface area contributed by atoms with Gasteiger partial charge in [0.1, 0.15) is 11.5 Å². The lowest BCUT2D eigenvalue weighted by molar-refractivity contribution is 0.0681. The standard InChI is InChI=1S/C12H19N3O2/c1-3-14(4-2)9-5-6-15-10(12(16)17)8-13-11(15)7-9/h8-9H,3-7H2,1-2H3,(H,16,17). The third-order valence-electron chi connectivity index (χ3n) is 3.59. The Morgan fingerprint density at radius 1 is 1.59 bits per heavy atom. The molecule has 1 aliphatic heterocycles. The maximum atomic E-state index is 11.0. The Kier molecular flexibility index (Phi) is 3.47. The molecule has 0 aromatic carbocycles. The Labute approximate surface area is 101 Å². The first kappa shape index (κ1) is 12.1. The first-order valence-electron chi connectivity index (χ1n) is 6.19. The van der Waals surface area contributed by atoms with Crippen molar-refractivity contribution in [1.82, 2.24) is 14.5 Å². The fraction of sp³-hybridized carbons (Fsp3) is 0.667. The van der Waals surface area contributed by atoms with Crippen LogP contribution >= 0.6 is 0 Å². The van der Waals surface area contributed by atoms with Gasteiger partial charge < -0.3 is 14.6 Å². The van der Waals surface area contributed by atoms with Crippen LogP contribution in [0.25, 0.3) is 0 Å². The Morgan fingerprint density at radius 3 is 2.88 bits per heavy atom. The second-order valence-electron chi connectivity index (χ2n) is 4.38. The zero-order chi connectivity index (χ0) is 12.4. The Bertz CT molecular complexity index is 410. The van der Waals surface area contributed by atoms with E-state index in [1.54, 1.807) is 0 Å². The molecule has 0 spiro atoms. The zero-order valence-electron chi connectivity index (χ0n) is 10.4. The molecule has 1 unspecified atom stereocenters. The topological polar surface area (TPSA) is 58.4 Å². The molecule has 94 valence electrons. The van der Waals surface area contributed by atoms with Gasteiger partial charge in [-0.3, -0.25) is 0 Å². The average Bonchev–Trinajstić information content (AvgIpc) is 2.73. The van der Waals surface area contributed by atoms with Crippen LogP contribution < -0.4 is 0 Å². The summed E-state index contributed by atoms with van der Waals surface area (Å²) < 4.78 is 1.84. The van der Waals surface area contributed by atoms with Crippen molar-refractivity contribution >= 4 is 5.97 Å². The highest BCUT2D eigenvalue weighted by Crippen LogP contribution is 2.20. The van der Waals surface area contributed by atoms with Gasteiger partial charge in [0, 0.05) is 19.0 Å². The number of rotatable bonds is 4. The molecule has 0 aliphatic carbocycles. The second kappa shape index (κ2) is 4.87. The van der Waals surface area contributed by atoms with Gasteiger partial charge in [0.05, 0.1) is 6.20 Å². The molecule has 2 rings (SSSR count). The van der Waals surface area contributed by atoms with E-state index in [1.807, 2.05) is 4.57 Å². The van der Waals surface area contributed by atoms with Crippen LogP contribution in [-0.2, 0) is 13.0 Å². The van der Waals surface area contributed by atoms with E-state index in [9.17, 15) is 4.79 Å². The van der Waals surface area contributed by atoms with Crippen molar-refractivity contribution in [3.05, 3.63) is 17.7 Å². The normalized spacial score (nSPS) is 19.4. The molecular formula is C12H19N3O2. The fourth-order valence-electron chi connectivity index (χ4n) is 2.64. The summed E-state index contributed by atoms with van der Waals surface area (Å²) in [4.78, 5) is 17.6. The molecule has 1 aromatic heterocycles. The summed E-state index contributed by atoms with van der Waals surface area (Å²) in [5.74, 6) is 0.0237. The van der Waals surface area contributed by atoms with Crippen molar-refractivity contribution in [2.75, 3.05) is 13.1 Å². The molecule has 1 atom stereocenters. The monoisotopic (exact) mass is 237 g/mol. The minimum atomic E-state index is -0.884. The highest BCUT2D eigenvalue weighted by molar-refractivity contribution is 5.85. The smallest absolute Gasteiger partial charge is 0.354 e. The summed E-state index contributed by atoms with van der Waals surface area (Å²) in [5.41, 5.74) is 0.318. The van der Waals surface area contributed by atoms with E-state index in [1.165, 1.54) is 6.20 Å². The second-order valence-corrected chi connectivity index (χ2v) is 4.38. The van der Waals surface area contributed by atoms with Crippen LogP contribution in [0.15, 0.2) is 6.20 Å². The molecule has 0 radical (unpaired) electrons. The summed E-state index contributed by atoms with van der Waals surface area (Å²) in [6, 6.07) is 0.501. The van der Waals surface area contributed by atoms with Gasteiger partial charge in [0.25, 0.3) is 0 Å². The molecule has 2 heterocycles. The van der Waals surface area contributed by atoms with Crippen LogP contribution in [0.3, 0.4) is 0 Å². The number of carboxylic acids is 1. The highest BCUT2D eigenvalue weighted by Gasteiger charge is 2.26. The quantitative estimate of drug-likeness (QED) is 0.856. The zero-order valence-corrected chi connectivity index (χ0v) is 10.4. The van der Waals surface area contributed by atoms with Crippen molar-refractivity contribution in [1.29, 1.82) is 0 Å². The van der Waals surface area contributed by atoms with E-state index in [0.29, 0.717) is 11.7 Å². The number of nitrogens with zero attached hydrogens (tertiary/aromatic N) is 3. The van der Waals surface area contributed by atoms with E-state index in [4.69, 9.17) is 5.11 Å². The van der Waals surface area contributed by atoms with Gasteiger partial charge in [-0.1, -0.05) is 13.8 Å². The molecule has 0 saturated carbocycles. The fourth-order valence-corrected chi connectivity index (χ4v) is 2.64. The highest BCUT2D eigenvalue weighted by atomic mass is 16.4. The first-order valence-corrected chi connectivity index (χ1v) is 6.19. The number of imidazole rings is 1. The van der Waals surface area contributed by atoms with Crippen molar-refractivity contribution in [3.8, 4) is 0 Å². The molecule has 0 amide bonds. The molecule has 5 heteroatoms. The van der Waals surface area contributed by atoms with Gasteiger partial charge in [0.2, 0.25) is 0 Å². The van der Waals surface area contributed by atoms with Crippen LogP contribution in [0.1, 0.15) is 36.6 Å². The predicted octanol–water partition coefficient (Wildman–Crippen LogP) is 1.24. The third-order valence-corrected chi connectivity index (χ3v) is 3.59. The molecule has 0 saturated heterocycles. The van der Waals surface area contributed by atoms with Crippen LogP contribution in [0.2, 0.25) is 0 Å². The van der Waals surface area contributed by atoms with Crippen molar-refractivity contribution in [2.24, 2.45) is 0 Å². The average molecular weight is 237 g/mol. The molecule has 17 heavy (non-hydrogen) atoms. The van der Waals surface area contributed by atoms with E-state index < -0.39 is 5.97 Å². The van der Waals surface area contributed by atoms with Gasteiger partial charge in [-0.15, -0.1) is 0 Å². The summed E-state index contributed by atoms with van der Waals surface area (Å²) >= 11 is 0. The van der Waals surface area contributed by atoms with Crippen LogP contribution in [0.5, 0.6) is 0 Å². The molecular weight excluding hydrogens is 218 g/mol. The number of hydrogen-bond acceptors (Lipinski definition) is 3. The van der Waals surface area contributed by atoms with Crippen molar-refractivity contribution < 1.29 is 9.90 Å². The van der Waals surface area contributed by atoms with E-state index >= 15 is 0 Å². The summed E-state index contributed by atoms with van der Waals surface area (Å²) in [6.45, 7) is 7.15. The van der Waals surface area contributed by atoms with Gasteiger partial charge >= 0.3 is 5.97 Å². The number of fused-ring (bicyclic) bond motifs is 1. The summed E-state index contributed by atoms with van der Waals surface area (Å²) in [6.07, 6.45) is 3.34. The molecule has 1 aliphatic rings. The van der Waals surface area contributed by atoms with Crippen LogP contribution in [0.4, 0.5) is 0 Å². The SMILES string of the molecule is CCN(CC)C1CCn2c(C(=O)O)cnc2C1. The van der Waals surface area contributed by atoms with E-state index in [2.05, 4.69) is 23.7 Å². The minimum Gasteiger partial charge on any atom is -0.477 e. The first-order chi connectivity index (χ1) is 8.17. The van der Waals surface area contributed by atoms with Crippen molar-refractivity contribution in [2.45, 2.75) is 39.3 Å². The largest absolute Gasteiger partial charge is 0.477 e. The lowest BCUT2D eigenvalue weighted by Gasteiger charge is -2.33. The molecule has 1 aromatic rings. The van der Waals surface area contributed by atoms with Crippen molar-refractivity contribution in [3.63, 3.8) is 0 Å². The Hall–Kier alpha value is -1.36. The minimum absolute atomic E-state index is 0.318. The third kappa shape index (κ3) is 2.20. The number of likely N-dealkylation sites (N-methyl/N-ethyl adjacent to an activating group) is 1. The number of carboxylic acid groups (broad SMARTS) is 1. The molecule has 5 nitrogen and oxygen atoms in total. The van der Waals surface area contributed by atoms with E-state index in [0.717, 1.165) is 38.3 Å². The number of carbonyl (C=O) groups is 1. The molecule has 0 bridgehead atoms. The number of hydrogen-bond donors (Lipinski definition) is 1. The molecule has 0 fully saturated rings. The Balaban J connectivity index is 2.17. The lowest BCUT2D eigenvalue weighted by Crippen LogP contribution is -2.40. The van der Waals surface area contributed by atoms with Gasteiger partial charge in [-0.05, 0) is 19.5 Å². The molecule has 1 N–H and O–H groups in total. The van der Waals surface area contributed by atoms with Crippen LogP contribution in [0, 0.1) is 0 Å². The number of aromatic carboxylic acids is 1. The maximum Gasteiger partial charge on any atom is 0.354 e. The van der Waals surface area contributed by atoms with Gasteiger partial charge in [0.15, 0.2) is 0 Å². The Morgan fingerprint density at radius 2 is 2.29 bits per heavy atom. The summed E-state index contributed by atoms with van der Waals surface area (Å²) in [7, 11) is 0. The summed E-state index contributed by atoms with van der Waals surface area (Å²) in [5, 5.41) is 9.03. The maximum absolute atomic E-state index is 11.0. The van der Waals surface area contributed by atoms with E-state index in [-0.39, 0.29) is 0 Å². The lowest BCUT2D eigenvalue weighted by atomic mass is 10.0. The number of aromatic nitrogens is 2. The van der Waals surface area contributed by atoms with Crippen LogP contribution in [-0.4, -0.2) is 44.7 Å². The van der Waals surface area contributed by atoms with Gasteiger partial charge in [-0.2, -0.15) is 0 Å². The van der Waals surface area contributed by atoms with Gasteiger partial charge in [-0.25, -0.2) is 9.78 Å².